The van der Waals surface area contributed by atoms with Crippen LogP contribution in [0.1, 0.15) is 45.4 Å². The Morgan fingerprint density at radius 2 is 1.73 bits per heavy atom. The van der Waals surface area contributed by atoms with Gasteiger partial charge in [0.15, 0.2) is 14.6 Å². The van der Waals surface area contributed by atoms with E-state index in [2.05, 4.69) is 0 Å². The van der Waals surface area contributed by atoms with Crippen LogP contribution in [0.25, 0.3) is 0 Å². The van der Waals surface area contributed by atoms with Crippen LogP contribution >= 0.6 is 11.6 Å². The minimum absolute atomic E-state index is 0.102. The normalized spacial score (nSPS) is 22.3. The molecule has 1 aromatic carbocycles. The number of benzene rings is 1. The number of piperidine rings is 1. The molecule has 3 rings (SSSR count). The first-order valence-corrected chi connectivity index (χ1v) is 11.2. The number of nitrogens with two attached hydrogens (primary N) is 1. The van der Waals surface area contributed by atoms with Gasteiger partial charge in [-0.2, -0.15) is 0 Å². The molecule has 5 nitrogen and oxygen atoms in total. The van der Waals surface area contributed by atoms with Gasteiger partial charge in [-0.3, -0.25) is 4.79 Å². The Morgan fingerprint density at radius 3 is 2.23 bits per heavy atom. The molecule has 7 heteroatoms. The molecule has 2 N–H and O–H groups in total. The van der Waals surface area contributed by atoms with E-state index in [0.29, 0.717) is 36.9 Å². The van der Waals surface area contributed by atoms with Crippen molar-refractivity contribution in [2.75, 3.05) is 13.1 Å². The van der Waals surface area contributed by atoms with Crippen LogP contribution in [0.4, 0.5) is 0 Å². The molecular formula is C19H27ClN2O3S. The second kappa shape index (κ2) is 7.49. The number of hydrogen-bond donors (Lipinski definition) is 1. The predicted molar refractivity (Wildman–Crippen MR) is 103 cm³/mol. The average molecular weight is 399 g/mol. The van der Waals surface area contributed by atoms with E-state index in [1.807, 2.05) is 6.92 Å². The fourth-order valence-electron chi connectivity index (χ4n) is 4.30. The van der Waals surface area contributed by atoms with E-state index in [0.717, 1.165) is 25.7 Å². The predicted octanol–water partition coefficient (Wildman–Crippen LogP) is 3.01. The third kappa shape index (κ3) is 3.39. The van der Waals surface area contributed by atoms with Gasteiger partial charge in [-0.1, -0.05) is 24.4 Å². The minimum atomic E-state index is -3.77. The van der Waals surface area contributed by atoms with Gasteiger partial charge in [0.05, 0.1) is 4.90 Å². The second-order valence-electron chi connectivity index (χ2n) is 7.65. The lowest BCUT2D eigenvalue weighted by Gasteiger charge is -2.39. The van der Waals surface area contributed by atoms with E-state index in [-0.39, 0.29) is 16.8 Å². The van der Waals surface area contributed by atoms with Gasteiger partial charge in [0.1, 0.15) is 0 Å². The Kier molecular flexibility index (Phi) is 5.66. The molecule has 0 radical (unpaired) electrons. The van der Waals surface area contributed by atoms with E-state index in [4.69, 9.17) is 17.3 Å². The van der Waals surface area contributed by atoms with Gasteiger partial charge in [0.2, 0.25) is 5.91 Å². The van der Waals surface area contributed by atoms with E-state index in [1.54, 1.807) is 17.0 Å². The molecule has 1 amide bonds. The third-order valence-corrected chi connectivity index (χ3v) is 8.77. The number of amides is 1. The standard InChI is InChI=1S/C19H27ClN2O3S/c1-14(21)15-8-12-22(13-9-15)18(23)19(10-2-3-11-19)26(24,25)17-6-4-16(20)5-7-17/h4-7,14-15H,2-3,8-13,21H2,1H3. The molecule has 1 aliphatic heterocycles. The van der Waals surface area contributed by atoms with Crippen molar-refractivity contribution in [1.82, 2.24) is 4.90 Å². The van der Waals surface area contributed by atoms with E-state index in [1.165, 1.54) is 12.1 Å². The Morgan fingerprint density at radius 1 is 1.19 bits per heavy atom. The van der Waals surface area contributed by atoms with Gasteiger partial charge in [0, 0.05) is 24.2 Å². The summed E-state index contributed by atoms with van der Waals surface area (Å²) in [4.78, 5) is 15.3. The van der Waals surface area contributed by atoms with Gasteiger partial charge >= 0.3 is 0 Å². The summed E-state index contributed by atoms with van der Waals surface area (Å²) in [5, 5.41) is 0.480. The molecule has 1 saturated heterocycles. The number of likely N-dealkylation sites (tertiary alicyclic amines) is 1. The van der Waals surface area contributed by atoms with Gasteiger partial charge in [-0.15, -0.1) is 0 Å². The Labute approximate surface area is 160 Å². The van der Waals surface area contributed by atoms with Crippen LogP contribution in [0.5, 0.6) is 0 Å². The zero-order valence-electron chi connectivity index (χ0n) is 15.2. The number of rotatable bonds is 4. The van der Waals surface area contributed by atoms with Crippen molar-refractivity contribution in [3.05, 3.63) is 29.3 Å². The van der Waals surface area contributed by atoms with Gasteiger partial charge in [0.25, 0.3) is 0 Å². The summed E-state index contributed by atoms with van der Waals surface area (Å²) in [5.74, 6) is 0.166. The fourth-order valence-corrected chi connectivity index (χ4v) is 6.56. The molecule has 0 bridgehead atoms. The molecule has 1 aromatic rings. The number of carbonyl (C=O) groups is 1. The van der Waals surface area contributed by atoms with Crippen molar-refractivity contribution >= 4 is 27.3 Å². The highest BCUT2D eigenvalue weighted by molar-refractivity contribution is 7.93. The quantitative estimate of drug-likeness (QED) is 0.845. The van der Waals surface area contributed by atoms with Gasteiger partial charge in [-0.25, -0.2) is 8.42 Å². The molecule has 26 heavy (non-hydrogen) atoms. The highest BCUT2D eigenvalue weighted by Crippen LogP contribution is 2.42. The highest BCUT2D eigenvalue weighted by atomic mass is 35.5. The number of hydrogen-bond acceptors (Lipinski definition) is 4. The molecule has 0 aromatic heterocycles. The molecule has 2 aliphatic rings. The fraction of sp³-hybridized carbons (Fsp3) is 0.632. The first-order valence-electron chi connectivity index (χ1n) is 9.33. The Hall–Kier alpha value is -1.11. The third-order valence-electron chi connectivity index (χ3n) is 6.01. The zero-order chi connectivity index (χ0) is 18.9. The summed E-state index contributed by atoms with van der Waals surface area (Å²) >= 11 is 5.90. The molecule has 0 spiro atoms. The van der Waals surface area contributed by atoms with Crippen LogP contribution in [0.2, 0.25) is 5.02 Å². The maximum absolute atomic E-state index is 13.4. The van der Waals surface area contributed by atoms with Crippen LogP contribution in [0.15, 0.2) is 29.2 Å². The summed E-state index contributed by atoms with van der Waals surface area (Å²) in [6, 6.07) is 6.25. The minimum Gasteiger partial charge on any atom is -0.341 e. The SMILES string of the molecule is CC(N)C1CCN(C(=O)C2(S(=O)(=O)c3ccc(Cl)cc3)CCCC2)CC1. The number of carbonyl (C=O) groups excluding carboxylic acids is 1. The monoisotopic (exact) mass is 398 g/mol. The molecular weight excluding hydrogens is 372 g/mol. The van der Waals surface area contributed by atoms with Crippen molar-refractivity contribution in [2.24, 2.45) is 11.7 Å². The Bertz CT molecular complexity index is 747. The molecule has 144 valence electrons. The topological polar surface area (TPSA) is 80.5 Å². The molecule has 2 fully saturated rings. The maximum Gasteiger partial charge on any atom is 0.244 e. The van der Waals surface area contributed by atoms with E-state index < -0.39 is 14.6 Å². The molecule has 1 aliphatic carbocycles. The summed E-state index contributed by atoms with van der Waals surface area (Å²) in [6.45, 7) is 3.16. The van der Waals surface area contributed by atoms with E-state index in [9.17, 15) is 13.2 Å². The maximum atomic E-state index is 13.4. The summed E-state index contributed by atoms with van der Waals surface area (Å²) in [5.41, 5.74) is 5.98. The molecule has 1 atom stereocenters. The van der Waals surface area contributed by atoms with Crippen LogP contribution < -0.4 is 5.73 Å². The van der Waals surface area contributed by atoms with Gasteiger partial charge in [-0.05, 0) is 62.8 Å². The summed E-state index contributed by atoms with van der Waals surface area (Å²) in [6.07, 6.45) is 3.97. The second-order valence-corrected chi connectivity index (χ2v) is 10.3. The number of halogens is 1. The lowest BCUT2D eigenvalue weighted by atomic mass is 9.90. The summed E-state index contributed by atoms with van der Waals surface area (Å²) < 4.78 is 25.5. The summed E-state index contributed by atoms with van der Waals surface area (Å²) in [7, 11) is -3.77. The highest BCUT2D eigenvalue weighted by Gasteiger charge is 2.54. The van der Waals surface area contributed by atoms with Crippen LogP contribution in [0, 0.1) is 5.92 Å². The molecule has 1 saturated carbocycles. The van der Waals surface area contributed by atoms with Crippen molar-refractivity contribution in [1.29, 1.82) is 0 Å². The van der Waals surface area contributed by atoms with Crippen molar-refractivity contribution in [3.8, 4) is 0 Å². The lowest BCUT2D eigenvalue weighted by molar-refractivity contribution is -0.135. The van der Waals surface area contributed by atoms with Crippen LogP contribution in [-0.4, -0.2) is 43.1 Å². The van der Waals surface area contributed by atoms with Gasteiger partial charge < -0.3 is 10.6 Å². The Balaban J connectivity index is 1.88. The first-order chi connectivity index (χ1) is 12.3. The van der Waals surface area contributed by atoms with Crippen LogP contribution in [0.3, 0.4) is 0 Å². The first kappa shape index (κ1) is 19.6. The smallest absolute Gasteiger partial charge is 0.244 e. The van der Waals surface area contributed by atoms with Crippen molar-refractivity contribution in [3.63, 3.8) is 0 Å². The van der Waals surface area contributed by atoms with E-state index >= 15 is 0 Å². The lowest BCUT2D eigenvalue weighted by Crippen LogP contribution is -2.54. The number of sulfone groups is 1. The molecule has 1 heterocycles. The van der Waals surface area contributed by atoms with Crippen LogP contribution in [-0.2, 0) is 14.6 Å². The largest absolute Gasteiger partial charge is 0.341 e. The average Bonchev–Trinajstić information content (AvgIpc) is 3.13. The van der Waals surface area contributed by atoms with Crippen molar-refractivity contribution in [2.45, 2.75) is 61.1 Å². The zero-order valence-corrected chi connectivity index (χ0v) is 16.7. The number of nitrogens with zero attached hydrogens (tertiary/aromatic N) is 1. The van der Waals surface area contributed by atoms with Crippen molar-refractivity contribution < 1.29 is 13.2 Å². The molecule has 1 unspecified atom stereocenters.